The molecular formula is C17H35N3. The van der Waals surface area contributed by atoms with E-state index < -0.39 is 0 Å². The molecule has 1 saturated carbocycles. The first-order valence-electron chi connectivity index (χ1n) is 9.03. The lowest BCUT2D eigenvalue weighted by Crippen LogP contribution is -2.37. The third-order valence-corrected chi connectivity index (χ3v) is 4.99. The number of unbranched alkanes of at least 4 members (excludes halogenated alkanes) is 3. The maximum Gasteiger partial charge on any atom is 0.0235 e. The molecule has 1 aliphatic heterocycles. The summed E-state index contributed by atoms with van der Waals surface area (Å²) in [5.41, 5.74) is 0. The van der Waals surface area contributed by atoms with Crippen LogP contribution in [0.2, 0.25) is 0 Å². The Morgan fingerprint density at radius 1 is 1.00 bits per heavy atom. The van der Waals surface area contributed by atoms with Crippen LogP contribution in [-0.4, -0.2) is 61.2 Å². The Kier molecular flexibility index (Phi) is 7.32. The monoisotopic (exact) mass is 281 g/mol. The van der Waals surface area contributed by atoms with Crippen molar-refractivity contribution in [3.8, 4) is 0 Å². The van der Waals surface area contributed by atoms with Gasteiger partial charge in [0.15, 0.2) is 0 Å². The van der Waals surface area contributed by atoms with Crippen LogP contribution in [0.1, 0.15) is 58.8 Å². The van der Waals surface area contributed by atoms with E-state index in [0.29, 0.717) is 0 Å². The number of rotatable bonds is 11. The minimum atomic E-state index is 0.827. The third-order valence-electron chi connectivity index (χ3n) is 4.99. The van der Waals surface area contributed by atoms with E-state index in [4.69, 9.17) is 0 Å². The normalized spacial score (nSPS) is 23.9. The molecule has 0 bridgehead atoms. The minimum absolute atomic E-state index is 0.827. The van der Waals surface area contributed by atoms with E-state index in [1.807, 2.05) is 0 Å². The molecule has 118 valence electrons. The van der Waals surface area contributed by atoms with Gasteiger partial charge in [-0.25, -0.2) is 0 Å². The van der Waals surface area contributed by atoms with Crippen molar-refractivity contribution in [1.82, 2.24) is 15.1 Å². The van der Waals surface area contributed by atoms with Crippen LogP contribution in [0, 0.1) is 0 Å². The summed E-state index contributed by atoms with van der Waals surface area (Å²) in [4.78, 5) is 5.31. The minimum Gasteiger partial charge on any atom is -0.314 e. The lowest BCUT2D eigenvalue weighted by Gasteiger charge is -2.26. The zero-order valence-electron chi connectivity index (χ0n) is 13.7. The maximum atomic E-state index is 3.60. The predicted molar refractivity (Wildman–Crippen MR) is 87.3 cm³/mol. The van der Waals surface area contributed by atoms with Gasteiger partial charge in [0.05, 0.1) is 0 Å². The molecule has 0 aromatic carbocycles. The number of likely N-dealkylation sites (N-methyl/N-ethyl adjacent to an activating group) is 1. The van der Waals surface area contributed by atoms with Gasteiger partial charge in [-0.1, -0.05) is 26.7 Å². The molecule has 2 fully saturated rings. The van der Waals surface area contributed by atoms with Crippen LogP contribution < -0.4 is 5.32 Å². The van der Waals surface area contributed by atoms with Crippen molar-refractivity contribution in [1.29, 1.82) is 0 Å². The van der Waals surface area contributed by atoms with Gasteiger partial charge in [0.25, 0.3) is 0 Å². The Balaban J connectivity index is 1.43. The fourth-order valence-corrected chi connectivity index (χ4v) is 3.46. The second kappa shape index (κ2) is 9.01. The summed E-state index contributed by atoms with van der Waals surface area (Å²) in [5.74, 6) is 0. The van der Waals surface area contributed by atoms with Gasteiger partial charge in [-0.2, -0.15) is 0 Å². The molecule has 1 aliphatic carbocycles. The predicted octanol–water partition coefficient (Wildman–Crippen LogP) is 2.71. The molecule has 3 nitrogen and oxygen atoms in total. The molecule has 0 spiro atoms. The van der Waals surface area contributed by atoms with Crippen molar-refractivity contribution in [2.75, 3.05) is 39.3 Å². The van der Waals surface area contributed by atoms with Crippen LogP contribution in [0.5, 0.6) is 0 Å². The third kappa shape index (κ3) is 5.71. The van der Waals surface area contributed by atoms with Gasteiger partial charge in [-0.05, 0) is 64.8 Å². The number of likely N-dealkylation sites (tertiary alicyclic amines) is 1. The Hall–Kier alpha value is -0.120. The highest BCUT2D eigenvalue weighted by Gasteiger charge is 2.25. The van der Waals surface area contributed by atoms with Crippen LogP contribution in [0.4, 0.5) is 0 Å². The van der Waals surface area contributed by atoms with Crippen molar-refractivity contribution in [3.63, 3.8) is 0 Å². The summed E-state index contributed by atoms with van der Waals surface area (Å²) in [6.07, 6.45) is 9.82. The summed E-state index contributed by atoms with van der Waals surface area (Å²) < 4.78 is 0. The van der Waals surface area contributed by atoms with E-state index in [-0.39, 0.29) is 0 Å². The lowest BCUT2D eigenvalue weighted by molar-refractivity contribution is 0.210. The quantitative estimate of drug-likeness (QED) is 0.588. The smallest absolute Gasteiger partial charge is 0.0235 e. The Labute approximate surface area is 126 Å². The average Bonchev–Trinajstić information content (AvgIpc) is 3.17. The van der Waals surface area contributed by atoms with E-state index in [1.54, 1.807) is 0 Å². The molecule has 2 aliphatic rings. The molecule has 1 unspecified atom stereocenters. The largest absolute Gasteiger partial charge is 0.314 e. The zero-order chi connectivity index (χ0) is 14.2. The van der Waals surface area contributed by atoms with Gasteiger partial charge in [-0.3, -0.25) is 4.90 Å². The topological polar surface area (TPSA) is 18.5 Å². The second-order valence-corrected chi connectivity index (χ2v) is 6.61. The van der Waals surface area contributed by atoms with E-state index in [9.17, 15) is 0 Å². The summed E-state index contributed by atoms with van der Waals surface area (Å²) in [5, 5.41) is 3.60. The molecule has 1 saturated heterocycles. The molecular weight excluding hydrogens is 246 g/mol. The first-order chi connectivity index (χ1) is 9.83. The molecule has 3 heteroatoms. The molecule has 20 heavy (non-hydrogen) atoms. The van der Waals surface area contributed by atoms with Gasteiger partial charge in [0.2, 0.25) is 0 Å². The fraction of sp³-hybridized carbons (Fsp3) is 1.00. The van der Waals surface area contributed by atoms with Crippen LogP contribution in [0.15, 0.2) is 0 Å². The van der Waals surface area contributed by atoms with Crippen LogP contribution in [0.3, 0.4) is 0 Å². The van der Waals surface area contributed by atoms with E-state index in [1.165, 1.54) is 84.2 Å². The van der Waals surface area contributed by atoms with Crippen LogP contribution in [-0.2, 0) is 0 Å². The summed E-state index contributed by atoms with van der Waals surface area (Å²) in [6, 6.07) is 1.71. The Morgan fingerprint density at radius 2 is 1.75 bits per heavy atom. The number of nitrogens with zero attached hydrogens (tertiary/aromatic N) is 2. The zero-order valence-corrected chi connectivity index (χ0v) is 13.7. The number of hydrogen-bond acceptors (Lipinski definition) is 3. The standard InChI is InChI=1S/C17H35N3/c1-3-20(4-2)17-11-14-19(15-17)13-8-6-5-7-12-18-16-9-10-16/h16-18H,3-15H2,1-2H3. The van der Waals surface area contributed by atoms with E-state index in [0.717, 1.165) is 12.1 Å². The van der Waals surface area contributed by atoms with Gasteiger partial charge >= 0.3 is 0 Å². The summed E-state index contributed by atoms with van der Waals surface area (Å²) >= 11 is 0. The highest BCUT2D eigenvalue weighted by Crippen LogP contribution is 2.19. The molecule has 1 atom stereocenters. The first kappa shape index (κ1) is 16.3. The van der Waals surface area contributed by atoms with Crippen molar-refractivity contribution < 1.29 is 0 Å². The second-order valence-electron chi connectivity index (χ2n) is 6.61. The lowest BCUT2D eigenvalue weighted by atomic mass is 10.2. The average molecular weight is 281 g/mol. The summed E-state index contributed by atoms with van der Waals surface area (Å²) in [7, 11) is 0. The van der Waals surface area contributed by atoms with E-state index >= 15 is 0 Å². The number of hydrogen-bond donors (Lipinski definition) is 1. The SMILES string of the molecule is CCN(CC)C1CCN(CCCCCCNC2CC2)C1. The molecule has 1 heterocycles. The highest BCUT2D eigenvalue weighted by molar-refractivity contribution is 4.82. The molecule has 0 amide bonds. The van der Waals surface area contributed by atoms with Gasteiger partial charge < -0.3 is 10.2 Å². The van der Waals surface area contributed by atoms with Crippen molar-refractivity contribution in [2.45, 2.75) is 70.9 Å². The van der Waals surface area contributed by atoms with Crippen LogP contribution >= 0.6 is 0 Å². The molecule has 1 N–H and O–H groups in total. The molecule has 0 aromatic rings. The summed E-state index contributed by atoms with van der Waals surface area (Å²) in [6.45, 7) is 12.2. The van der Waals surface area contributed by atoms with Crippen molar-refractivity contribution >= 4 is 0 Å². The molecule has 0 aromatic heterocycles. The fourth-order valence-electron chi connectivity index (χ4n) is 3.46. The van der Waals surface area contributed by atoms with Gasteiger partial charge in [0, 0.05) is 18.6 Å². The molecule has 2 rings (SSSR count). The van der Waals surface area contributed by atoms with Crippen molar-refractivity contribution in [3.05, 3.63) is 0 Å². The van der Waals surface area contributed by atoms with E-state index in [2.05, 4.69) is 29.0 Å². The van der Waals surface area contributed by atoms with Crippen molar-refractivity contribution in [2.24, 2.45) is 0 Å². The van der Waals surface area contributed by atoms with Gasteiger partial charge in [-0.15, -0.1) is 0 Å². The first-order valence-corrected chi connectivity index (χ1v) is 9.03. The van der Waals surface area contributed by atoms with Gasteiger partial charge in [0.1, 0.15) is 0 Å². The van der Waals surface area contributed by atoms with Crippen LogP contribution in [0.25, 0.3) is 0 Å². The Bertz CT molecular complexity index is 249. The number of nitrogens with one attached hydrogen (secondary N) is 1. The Morgan fingerprint density at radius 3 is 2.45 bits per heavy atom. The highest BCUT2D eigenvalue weighted by atomic mass is 15.2. The maximum absolute atomic E-state index is 3.60. The molecule has 0 radical (unpaired) electrons.